The highest BCUT2D eigenvalue weighted by atomic mass is 16.5. The molecule has 0 heterocycles. The smallest absolute Gasteiger partial charge is 0.165 e. The summed E-state index contributed by atoms with van der Waals surface area (Å²) in [7, 11) is 1.60. The molecule has 0 radical (unpaired) electrons. The van der Waals surface area contributed by atoms with Crippen LogP contribution in [0.5, 0.6) is 0 Å². The first-order valence-electron chi connectivity index (χ1n) is 6.11. The first-order valence-corrected chi connectivity index (χ1v) is 6.11. The molecular weight excluding hydrogens is 212 g/mol. The summed E-state index contributed by atoms with van der Waals surface area (Å²) >= 11 is 0. The molecule has 0 amide bonds. The van der Waals surface area contributed by atoms with E-state index in [1.807, 2.05) is 6.92 Å². The van der Waals surface area contributed by atoms with E-state index in [0.29, 0.717) is 6.42 Å². The van der Waals surface area contributed by atoms with Crippen LogP contribution in [0.25, 0.3) is 0 Å². The van der Waals surface area contributed by atoms with Crippen LogP contribution < -0.4 is 0 Å². The van der Waals surface area contributed by atoms with Crippen molar-refractivity contribution in [3.63, 3.8) is 0 Å². The molecule has 0 aliphatic rings. The van der Waals surface area contributed by atoms with E-state index in [2.05, 4.69) is 32.9 Å². The first kappa shape index (κ1) is 13.9. The second-order valence-corrected chi connectivity index (χ2v) is 4.65. The number of Topliss-reactive ketones (excluding diaryl/α,β-unsaturated/α-hetero) is 1. The molecule has 1 aromatic rings. The molecule has 17 heavy (non-hydrogen) atoms. The zero-order valence-electron chi connectivity index (χ0n) is 11.5. The van der Waals surface area contributed by atoms with E-state index in [1.54, 1.807) is 7.11 Å². The van der Waals surface area contributed by atoms with Gasteiger partial charge in [0.2, 0.25) is 0 Å². The highest BCUT2D eigenvalue weighted by molar-refractivity contribution is 5.85. The van der Waals surface area contributed by atoms with Gasteiger partial charge in [-0.1, -0.05) is 24.6 Å². The number of carbonyl (C=O) groups excluding carboxylic acids is 1. The Bertz CT molecular complexity index is 380. The minimum absolute atomic E-state index is 0.171. The molecule has 1 rings (SSSR count). The SMILES string of the molecule is CCC(OC)C(=O)Cc1c(C)cc(C)cc1C. The fourth-order valence-electron chi connectivity index (χ4n) is 2.30. The molecule has 0 spiro atoms. The van der Waals surface area contributed by atoms with Gasteiger partial charge in [-0.05, 0) is 43.9 Å². The van der Waals surface area contributed by atoms with Gasteiger partial charge in [0, 0.05) is 13.5 Å². The largest absolute Gasteiger partial charge is 0.374 e. The van der Waals surface area contributed by atoms with Crippen molar-refractivity contribution in [2.45, 2.75) is 46.6 Å². The Morgan fingerprint density at radius 3 is 2.18 bits per heavy atom. The van der Waals surface area contributed by atoms with Crippen LogP contribution in [0.15, 0.2) is 12.1 Å². The highest BCUT2D eigenvalue weighted by Gasteiger charge is 2.17. The van der Waals surface area contributed by atoms with Gasteiger partial charge < -0.3 is 4.74 Å². The minimum atomic E-state index is -0.268. The number of rotatable bonds is 5. The van der Waals surface area contributed by atoms with Crippen LogP contribution in [-0.4, -0.2) is 19.0 Å². The number of benzene rings is 1. The van der Waals surface area contributed by atoms with Crippen LogP contribution in [0.2, 0.25) is 0 Å². The molecule has 0 fully saturated rings. The van der Waals surface area contributed by atoms with Crippen LogP contribution in [0.3, 0.4) is 0 Å². The highest BCUT2D eigenvalue weighted by Crippen LogP contribution is 2.18. The second-order valence-electron chi connectivity index (χ2n) is 4.65. The topological polar surface area (TPSA) is 26.3 Å². The molecule has 1 atom stereocenters. The van der Waals surface area contributed by atoms with Crippen molar-refractivity contribution < 1.29 is 9.53 Å². The Labute approximate surface area is 104 Å². The maximum Gasteiger partial charge on any atom is 0.165 e. The Morgan fingerprint density at radius 2 is 1.76 bits per heavy atom. The lowest BCUT2D eigenvalue weighted by molar-refractivity contribution is -0.128. The molecule has 0 aromatic heterocycles. The molecular formula is C15H22O2. The maximum absolute atomic E-state index is 12.0. The van der Waals surface area contributed by atoms with Gasteiger partial charge in [-0.2, -0.15) is 0 Å². The standard InChI is InChI=1S/C15H22O2/c1-6-15(17-5)14(16)9-13-11(3)7-10(2)8-12(13)4/h7-8,15H,6,9H2,1-5H3. The van der Waals surface area contributed by atoms with E-state index >= 15 is 0 Å². The summed E-state index contributed by atoms with van der Waals surface area (Å²) in [4.78, 5) is 12.0. The van der Waals surface area contributed by atoms with Crippen molar-refractivity contribution in [3.8, 4) is 0 Å². The number of ether oxygens (including phenoxy) is 1. The van der Waals surface area contributed by atoms with E-state index in [0.717, 1.165) is 12.0 Å². The lowest BCUT2D eigenvalue weighted by Crippen LogP contribution is -2.24. The number of aryl methyl sites for hydroxylation is 3. The lowest BCUT2D eigenvalue weighted by atomic mass is 9.94. The summed E-state index contributed by atoms with van der Waals surface area (Å²) in [6.07, 6.45) is 0.943. The summed E-state index contributed by atoms with van der Waals surface area (Å²) in [6, 6.07) is 4.26. The second kappa shape index (κ2) is 5.97. The van der Waals surface area contributed by atoms with Crippen molar-refractivity contribution >= 4 is 5.78 Å². The third-order valence-corrected chi connectivity index (χ3v) is 3.21. The van der Waals surface area contributed by atoms with Gasteiger partial charge >= 0.3 is 0 Å². The van der Waals surface area contributed by atoms with Gasteiger partial charge in [-0.25, -0.2) is 0 Å². The summed E-state index contributed by atoms with van der Waals surface area (Å²) in [6.45, 7) is 8.18. The van der Waals surface area contributed by atoms with Crippen molar-refractivity contribution in [2.24, 2.45) is 0 Å². The fourth-order valence-corrected chi connectivity index (χ4v) is 2.30. The van der Waals surface area contributed by atoms with E-state index in [-0.39, 0.29) is 11.9 Å². The molecule has 1 unspecified atom stereocenters. The third kappa shape index (κ3) is 3.40. The van der Waals surface area contributed by atoms with Crippen LogP contribution in [0, 0.1) is 20.8 Å². The molecule has 0 bridgehead atoms. The molecule has 0 saturated heterocycles. The molecule has 0 aliphatic heterocycles. The summed E-state index contributed by atoms with van der Waals surface area (Å²) in [5.74, 6) is 0.171. The molecule has 2 nitrogen and oxygen atoms in total. The first-order chi connectivity index (χ1) is 7.99. The Morgan fingerprint density at radius 1 is 1.24 bits per heavy atom. The molecule has 1 aromatic carbocycles. The van der Waals surface area contributed by atoms with Crippen molar-refractivity contribution in [2.75, 3.05) is 7.11 Å². The van der Waals surface area contributed by atoms with Crippen LogP contribution in [0.1, 0.15) is 35.6 Å². The Kier molecular flexibility index (Phi) is 4.88. The number of ketones is 1. The average molecular weight is 234 g/mol. The lowest BCUT2D eigenvalue weighted by Gasteiger charge is -2.15. The zero-order chi connectivity index (χ0) is 13.0. The van der Waals surface area contributed by atoms with E-state index < -0.39 is 0 Å². The summed E-state index contributed by atoms with van der Waals surface area (Å²) in [5.41, 5.74) is 4.79. The Hall–Kier alpha value is -1.15. The summed E-state index contributed by atoms with van der Waals surface area (Å²) in [5, 5.41) is 0. The maximum atomic E-state index is 12.0. The van der Waals surface area contributed by atoms with Crippen molar-refractivity contribution in [3.05, 3.63) is 34.4 Å². The minimum Gasteiger partial charge on any atom is -0.374 e. The van der Waals surface area contributed by atoms with Gasteiger partial charge in [0.1, 0.15) is 6.10 Å². The fraction of sp³-hybridized carbons (Fsp3) is 0.533. The van der Waals surface area contributed by atoms with E-state index in [9.17, 15) is 4.79 Å². The van der Waals surface area contributed by atoms with E-state index in [4.69, 9.17) is 4.74 Å². The number of hydrogen-bond acceptors (Lipinski definition) is 2. The van der Waals surface area contributed by atoms with Gasteiger partial charge in [-0.15, -0.1) is 0 Å². The predicted molar refractivity (Wildman–Crippen MR) is 70.5 cm³/mol. The molecule has 2 heteroatoms. The molecule has 0 saturated carbocycles. The van der Waals surface area contributed by atoms with Gasteiger partial charge in [0.05, 0.1) is 0 Å². The van der Waals surface area contributed by atoms with Crippen LogP contribution in [0.4, 0.5) is 0 Å². The molecule has 0 aliphatic carbocycles. The normalized spacial score (nSPS) is 12.5. The Balaban J connectivity index is 2.92. The van der Waals surface area contributed by atoms with E-state index in [1.165, 1.54) is 16.7 Å². The molecule has 94 valence electrons. The third-order valence-electron chi connectivity index (χ3n) is 3.21. The van der Waals surface area contributed by atoms with Gasteiger partial charge in [-0.3, -0.25) is 4.79 Å². The zero-order valence-corrected chi connectivity index (χ0v) is 11.5. The monoisotopic (exact) mass is 234 g/mol. The van der Waals surface area contributed by atoms with Crippen LogP contribution >= 0.6 is 0 Å². The van der Waals surface area contributed by atoms with Gasteiger partial charge in [0.25, 0.3) is 0 Å². The average Bonchev–Trinajstić information content (AvgIpc) is 2.25. The molecule has 0 N–H and O–H groups in total. The number of methoxy groups -OCH3 is 1. The predicted octanol–water partition coefficient (Wildman–Crippen LogP) is 3.15. The number of hydrogen-bond donors (Lipinski definition) is 0. The quantitative estimate of drug-likeness (QED) is 0.782. The number of carbonyl (C=O) groups is 1. The summed E-state index contributed by atoms with van der Waals surface area (Å²) < 4.78 is 5.19. The van der Waals surface area contributed by atoms with Gasteiger partial charge in [0.15, 0.2) is 5.78 Å². The van der Waals surface area contributed by atoms with Crippen molar-refractivity contribution in [1.82, 2.24) is 0 Å². The van der Waals surface area contributed by atoms with Crippen LogP contribution in [-0.2, 0) is 16.0 Å². The van der Waals surface area contributed by atoms with Crippen molar-refractivity contribution in [1.29, 1.82) is 0 Å².